The molecule has 1 atom stereocenters. The molecule has 3 heterocycles. The van der Waals surface area contributed by atoms with Gasteiger partial charge in [0.05, 0.1) is 17.9 Å². The molecule has 18 heavy (non-hydrogen) atoms. The first-order valence-electron chi connectivity index (χ1n) is 5.94. The maximum absolute atomic E-state index is 12.5. The molecule has 1 fully saturated rings. The summed E-state index contributed by atoms with van der Waals surface area (Å²) in [5.41, 5.74) is 1.69. The van der Waals surface area contributed by atoms with Crippen molar-refractivity contribution in [2.75, 3.05) is 6.54 Å². The molecule has 0 aliphatic carbocycles. The number of rotatable bonds is 2. The molecule has 0 aromatic carbocycles. The third kappa shape index (κ3) is 1.88. The second-order valence-electron chi connectivity index (χ2n) is 4.39. The Kier molecular flexibility index (Phi) is 2.99. The number of furan rings is 1. The van der Waals surface area contributed by atoms with Crippen LogP contribution >= 0.6 is 15.9 Å². The highest BCUT2D eigenvalue weighted by molar-refractivity contribution is 9.10. The predicted molar refractivity (Wildman–Crippen MR) is 70.2 cm³/mol. The summed E-state index contributed by atoms with van der Waals surface area (Å²) in [7, 11) is 0. The van der Waals surface area contributed by atoms with E-state index in [0.717, 1.165) is 25.1 Å². The Hall–Kier alpha value is -1.49. The Morgan fingerprint density at radius 1 is 1.50 bits per heavy atom. The fourth-order valence-electron chi connectivity index (χ4n) is 2.49. The number of carbonyl (C=O) groups is 1. The van der Waals surface area contributed by atoms with Gasteiger partial charge in [0, 0.05) is 18.4 Å². The molecule has 1 aliphatic heterocycles. The summed E-state index contributed by atoms with van der Waals surface area (Å²) in [5, 5.41) is 0. The van der Waals surface area contributed by atoms with Gasteiger partial charge in [-0.15, -0.1) is 0 Å². The summed E-state index contributed by atoms with van der Waals surface area (Å²) in [5.74, 6) is 0.0210. The van der Waals surface area contributed by atoms with Crippen molar-refractivity contribution in [3.63, 3.8) is 0 Å². The van der Waals surface area contributed by atoms with E-state index in [1.807, 2.05) is 23.2 Å². The summed E-state index contributed by atoms with van der Waals surface area (Å²) < 4.78 is 5.64. The van der Waals surface area contributed by atoms with E-state index in [1.54, 1.807) is 6.07 Å². The van der Waals surface area contributed by atoms with Gasteiger partial charge in [-0.2, -0.15) is 0 Å². The lowest BCUT2D eigenvalue weighted by atomic mass is 10.1. The van der Waals surface area contributed by atoms with E-state index in [2.05, 4.69) is 20.9 Å². The van der Waals surface area contributed by atoms with E-state index in [1.165, 1.54) is 6.26 Å². The number of aromatic nitrogens is 1. The fourth-order valence-corrected chi connectivity index (χ4v) is 2.90. The molecule has 0 saturated carbocycles. The topological polar surface area (TPSA) is 49.2 Å². The number of hydrogen-bond donors (Lipinski definition) is 1. The second-order valence-corrected chi connectivity index (χ2v) is 5.11. The van der Waals surface area contributed by atoms with Crippen molar-refractivity contribution in [3.05, 3.63) is 46.6 Å². The number of likely N-dealkylation sites (tertiary alicyclic amines) is 1. The Morgan fingerprint density at radius 2 is 2.39 bits per heavy atom. The van der Waals surface area contributed by atoms with Gasteiger partial charge in [0.15, 0.2) is 4.67 Å². The maximum Gasteiger partial charge on any atom is 0.258 e. The molecule has 94 valence electrons. The van der Waals surface area contributed by atoms with Gasteiger partial charge in [-0.3, -0.25) is 4.79 Å². The van der Waals surface area contributed by atoms with Gasteiger partial charge < -0.3 is 14.3 Å². The van der Waals surface area contributed by atoms with Crippen LogP contribution in [0.5, 0.6) is 0 Å². The minimum absolute atomic E-state index is 0.0210. The van der Waals surface area contributed by atoms with Crippen LogP contribution in [0.4, 0.5) is 0 Å². The Bertz CT molecular complexity index is 547. The molecule has 3 rings (SSSR count). The first kappa shape index (κ1) is 11.6. The van der Waals surface area contributed by atoms with Gasteiger partial charge in [0.1, 0.15) is 0 Å². The monoisotopic (exact) mass is 308 g/mol. The third-order valence-corrected chi connectivity index (χ3v) is 3.96. The Labute approximate surface area is 113 Å². The van der Waals surface area contributed by atoms with Crippen LogP contribution in [0, 0.1) is 0 Å². The Morgan fingerprint density at radius 3 is 3.06 bits per heavy atom. The van der Waals surface area contributed by atoms with Crippen LogP contribution < -0.4 is 0 Å². The number of carbonyl (C=O) groups excluding carboxylic acids is 1. The number of halogens is 1. The first-order chi connectivity index (χ1) is 8.77. The van der Waals surface area contributed by atoms with Crippen LogP contribution in [-0.4, -0.2) is 22.3 Å². The smallest absolute Gasteiger partial charge is 0.258 e. The Balaban J connectivity index is 1.88. The van der Waals surface area contributed by atoms with E-state index in [4.69, 9.17) is 4.42 Å². The fraction of sp³-hybridized carbons (Fsp3) is 0.308. The first-order valence-corrected chi connectivity index (χ1v) is 6.74. The predicted octanol–water partition coefficient (Wildman–Crippen LogP) is 3.35. The van der Waals surface area contributed by atoms with Crippen molar-refractivity contribution in [3.8, 4) is 0 Å². The standard InChI is InChI=1S/C13H13BrN2O2/c14-12-9(5-8-18-12)13(17)16-7-2-4-11(16)10-3-1-6-15-10/h1,3,5-6,8,11,15H,2,4,7H2. The lowest BCUT2D eigenvalue weighted by Crippen LogP contribution is -2.30. The zero-order valence-electron chi connectivity index (χ0n) is 9.73. The van der Waals surface area contributed by atoms with Gasteiger partial charge in [-0.05, 0) is 47.0 Å². The van der Waals surface area contributed by atoms with E-state index in [0.29, 0.717) is 10.2 Å². The van der Waals surface area contributed by atoms with Crippen molar-refractivity contribution in [1.82, 2.24) is 9.88 Å². The average Bonchev–Trinajstić information content (AvgIpc) is 3.09. The van der Waals surface area contributed by atoms with Gasteiger partial charge in [-0.1, -0.05) is 0 Å². The zero-order chi connectivity index (χ0) is 12.5. The van der Waals surface area contributed by atoms with Crippen LogP contribution in [0.15, 0.2) is 39.7 Å². The van der Waals surface area contributed by atoms with E-state index >= 15 is 0 Å². The molecule has 1 amide bonds. The largest absolute Gasteiger partial charge is 0.457 e. The second kappa shape index (κ2) is 4.65. The minimum Gasteiger partial charge on any atom is -0.457 e. The molecule has 1 saturated heterocycles. The minimum atomic E-state index is 0.0210. The molecule has 0 radical (unpaired) electrons. The zero-order valence-corrected chi connectivity index (χ0v) is 11.3. The summed E-state index contributed by atoms with van der Waals surface area (Å²) in [6.07, 6.45) is 5.45. The number of hydrogen-bond acceptors (Lipinski definition) is 2. The lowest BCUT2D eigenvalue weighted by molar-refractivity contribution is 0.0731. The van der Waals surface area contributed by atoms with Crippen molar-refractivity contribution in [2.45, 2.75) is 18.9 Å². The highest BCUT2D eigenvalue weighted by atomic mass is 79.9. The highest BCUT2D eigenvalue weighted by Crippen LogP contribution is 2.33. The normalized spacial score (nSPS) is 19.4. The summed E-state index contributed by atoms with van der Waals surface area (Å²) in [6, 6.07) is 5.84. The van der Waals surface area contributed by atoms with Gasteiger partial charge >= 0.3 is 0 Å². The number of nitrogens with one attached hydrogen (secondary N) is 1. The van der Waals surface area contributed by atoms with Gasteiger partial charge in [-0.25, -0.2) is 0 Å². The molecule has 0 spiro atoms. The average molecular weight is 309 g/mol. The molecule has 0 bridgehead atoms. The third-order valence-electron chi connectivity index (χ3n) is 3.34. The molecular formula is C13H13BrN2O2. The van der Waals surface area contributed by atoms with Crippen molar-refractivity contribution in [1.29, 1.82) is 0 Å². The molecule has 1 unspecified atom stereocenters. The molecule has 1 N–H and O–H groups in total. The lowest BCUT2D eigenvalue weighted by Gasteiger charge is -2.23. The van der Waals surface area contributed by atoms with Gasteiger partial charge in [0.25, 0.3) is 5.91 Å². The SMILES string of the molecule is O=C(c1ccoc1Br)N1CCCC1c1ccc[nH]1. The van der Waals surface area contributed by atoms with Gasteiger partial charge in [0.2, 0.25) is 0 Å². The van der Waals surface area contributed by atoms with Crippen LogP contribution in [0.1, 0.15) is 34.9 Å². The molecule has 5 heteroatoms. The maximum atomic E-state index is 12.5. The highest BCUT2D eigenvalue weighted by Gasteiger charge is 2.32. The summed E-state index contributed by atoms with van der Waals surface area (Å²) in [6.45, 7) is 0.792. The van der Waals surface area contributed by atoms with Crippen LogP contribution in [0.3, 0.4) is 0 Å². The molecule has 2 aromatic rings. The molecular weight excluding hydrogens is 296 g/mol. The van der Waals surface area contributed by atoms with E-state index in [-0.39, 0.29) is 11.9 Å². The van der Waals surface area contributed by atoms with Crippen molar-refractivity contribution >= 4 is 21.8 Å². The molecule has 4 nitrogen and oxygen atoms in total. The van der Waals surface area contributed by atoms with E-state index in [9.17, 15) is 4.79 Å². The number of H-pyrrole nitrogens is 1. The number of aromatic amines is 1. The summed E-state index contributed by atoms with van der Waals surface area (Å²) in [4.78, 5) is 17.6. The quantitative estimate of drug-likeness (QED) is 0.925. The summed E-state index contributed by atoms with van der Waals surface area (Å²) >= 11 is 3.26. The van der Waals surface area contributed by atoms with Crippen LogP contribution in [0.25, 0.3) is 0 Å². The van der Waals surface area contributed by atoms with Crippen molar-refractivity contribution in [2.24, 2.45) is 0 Å². The van der Waals surface area contributed by atoms with Crippen LogP contribution in [0.2, 0.25) is 0 Å². The molecule has 1 aliphatic rings. The van der Waals surface area contributed by atoms with Crippen LogP contribution in [-0.2, 0) is 0 Å². The molecule has 2 aromatic heterocycles. The number of nitrogens with zero attached hydrogens (tertiary/aromatic N) is 1. The van der Waals surface area contributed by atoms with E-state index < -0.39 is 0 Å². The number of amides is 1. The van der Waals surface area contributed by atoms with Crippen molar-refractivity contribution < 1.29 is 9.21 Å².